The van der Waals surface area contributed by atoms with Crippen molar-refractivity contribution in [3.8, 4) is 34.5 Å². The van der Waals surface area contributed by atoms with Crippen LogP contribution in [0.2, 0.25) is 0 Å². The lowest BCUT2D eigenvalue weighted by Crippen LogP contribution is -2.54. The predicted molar refractivity (Wildman–Crippen MR) is 336 cm³/mol. The number of unbranched alkanes of at least 4 members (excludes halogenated alkanes) is 9. The van der Waals surface area contributed by atoms with E-state index in [1.54, 1.807) is 93.6 Å². The fourth-order valence-electron chi connectivity index (χ4n) is 9.54. The Kier molecular flexibility index (Phi) is 25.4. The first-order valence-corrected chi connectivity index (χ1v) is 30.2. The number of carbonyl (C=O) groups is 3. The molecule has 0 aliphatic heterocycles. The number of nitrogens with zero attached hydrogens (tertiary/aromatic N) is 3. The summed E-state index contributed by atoms with van der Waals surface area (Å²) in [5, 5.41) is 16.9. The van der Waals surface area contributed by atoms with Gasteiger partial charge in [-0.3, -0.25) is 28.8 Å². The van der Waals surface area contributed by atoms with E-state index in [1.165, 1.54) is 0 Å². The van der Waals surface area contributed by atoms with Gasteiger partial charge in [0.05, 0.1) is 19.8 Å². The topological polar surface area (TPSA) is 347 Å². The number of benzene rings is 3. The maximum atomic E-state index is 13.8. The van der Waals surface area contributed by atoms with E-state index in [0.29, 0.717) is 114 Å². The second-order valence-electron chi connectivity index (χ2n) is 20.9. The molecule has 1 aromatic heterocycles. The van der Waals surface area contributed by atoms with Crippen molar-refractivity contribution < 1.29 is 42.8 Å². The monoisotopic (exact) mass is 1250 g/mol. The highest BCUT2D eigenvalue weighted by atomic mass is 16.6. The van der Waals surface area contributed by atoms with Gasteiger partial charge >= 0.3 is 35.3 Å². The Labute approximate surface area is 515 Å². The van der Waals surface area contributed by atoms with Gasteiger partial charge in [0.15, 0.2) is 17.2 Å². The average molecular weight is 1250 g/mol. The van der Waals surface area contributed by atoms with Crippen LogP contribution in [0.5, 0.6) is 34.5 Å². The van der Waals surface area contributed by atoms with Gasteiger partial charge in [-0.05, 0) is 112 Å². The molecule has 3 amide bonds. The molecule has 0 saturated carbocycles. The molecule has 90 heavy (non-hydrogen) atoms. The smallest absolute Gasteiger partial charge is 0.412 e. The van der Waals surface area contributed by atoms with Crippen molar-refractivity contribution in [3.05, 3.63) is 182 Å². The third-order valence-corrected chi connectivity index (χ3v) is 14.4. The second kappa shape index (κ2) is 33.9. The summed E-state index contributed by atoms with van der Waals surface area (Å²) in [7, 11) is 0. The highest BCUT2D eigenvalue weighted by Gasteiger charge is 2.25. The molecule has 27 nitrogen and oxygen atoms in total. The minimum Gasteiger partial charge on any atom is -0.488 e. The van der Waals surface area contributed by atoms with Crippen LogP contribution in [0, 0.1) is 0 Å². The van der Waals surface area contributed by atoms with E-state index < -0.39 is 67.9 Å². The fourth-order valence-corrected chi connectivity index (χ4v) is 9.54. The van der Waals surface area contributed by atoms with Gasteiger partial charge in [0.2, 0.25) is 0 Å². The summed E-state index contributed by atoms with van der Waals surface area (Å²) in [5.41, 5.74) is -3.33. The van der Waals surface area contributed by atoms with Gasteiger partial charge in [0, 0.05) is 58.9 Å². The maximum Gasteiger partial charge on any atom is 0.412 e. The normalized spacial score (nSPS) is 11.1. The molecule has 0 atom stereocenters. The SMILES string of the molecule is CCOc1c(NCc2ccc(OC(=O)NCCCCCCn3c(=O)n(CCCCCCNC(=O)Oc4ccc(CNc5c(OCC)c(=O)c5=O)cc4)c(=O)n(CCCCCCNC(=O)Oc4ccc(CNc5c(OCC)c(=O)c5=O)cc4)c3=O)cc2)c(=O)c1=O. The highest BCUT2D eigenvalue weighted by Crippen LogP contribution is 2.23. The largest absolute Gasteiger partial charge is 0.488 e. The van der Waals surface area contributed by atoms with Gasteiger partial charge in [-0.15, -0.1) is 0 Å². The van der Waals surface area contributed by atoms with Crippen LogP contribution in [0.1, 0.15) is 115 Å². The number of amides is 3. The van der Waals surface area contributed by atoms with Crippen molar-refractivity contribution in [2.75, 3.05) is 55.4 Å². The lowest BCUT2D eigenvalue weighted by atomic mass is 10.2. The van der Waals surface area contributed by atoms with E-state index in [-0.39, 0.29) is 93.4 Å². The summed E-state index contributed by atoms with van der Waals surface area (Å²) in [5.74, 6) is 0.938. The molecule has 27 heteroatoms. The summed E-state index contributed by atoms with van der Waals surface area (Å²) >= 11 is 0. The minimum atomic E-state index is -0.708. The van der Waals surface area contributed by atoms with Crippen molar-refractivity contribution in [2.24, 2.45) is 0 Å². The zero-order valence-corrected chi connectivity index (χ0v) is 50.6. The highest BCUT2D eigenvalue weighted by molar-refractivity contribution is 5.71. The summed E-state index contributed by atoms with van der Waals surface area (Å²) in [6, 6.07) is 19.8. The van der Waals surface area contributed by atoms with Crippen LogP contribution >= 0.6 is 0 Å². The Hall–Kier alpha value is -10.1. The van der Waals surface area contributed by atoms with Crippen molar-refractivity contribution in [3.63, 3.8) is 0 Å². The molecule has 0 radical (unpaired) electrons. The van der Waals surface area contributed by atoms with Crippen LogP contribution in [-0.4, -0.2) is 71.4 Å². The lowest BCUT2D eigenvalue weighted by Gasteiger charge is -2.14. The molecule has 0 unspecified atom stereocenters. The third kappa shape index (κ3) is 18.5. The molecular formula is C63H75N9O18. The summed E-state index contributed by atoms with van der Waals surface area (Å²) in [6.07, 6.45) is 4.81. The molecule has 0 aliphatic rings. The molecule has 0 spiro atoms. The van der Waals surface area contributed by atoms with Gasteiger partial charge in [-0.1, -0.05) is 74.9 Å². The molecule has 0 bridgehead atoms. The van der Waals surface area contributed by atoms with E-state index in [1.807, 2.05) is 0 Å². The molecule has 0 aliphatic carbocycles. The number of hydrogen-bond donors (Lipinski definition) is 6. The molecular weight excluding hydrogens is 1170 g/mol. The lowest BCUT2D eigenvalue weighted by molar-refractivity contribution is 0.199. The van der Waals surface area contributed by atoms with E-state index >= 15 is 0 Å². The van der Waals surface area contributed by atoms with Gasteiger partial charge < -0.3 is 60.3 Å². The van der Waals surface area contributed by atoms with Gasteiger partial charge in [-0.25, -0.2) is 42.5 Å². The number of aromatic nitrogens is 3. The molecule has 7 rings (SSSR count). The second-order valence-corrected chi connectivity index (χ2v) is 20.9. The summed E-state index contributed by atoms with van der Waals surface area (Å²) in [4.78, 5) is 150. The number of ether oxygens (including phenoxy) is 6. The number of rotatable bonds is 39. The van der Waals surface area contributed by atoms with E-state index in [9.17, 15) is 57.5 Å². The number of nitrogens with one attached hydrogen (secondary N) is 6. The Morgan fingerprint density at radius 3 is 0.822 bits per heavy atom. The van der Waals surface area contributed by atoms with Gasteiger partial charge in [0.25, 0.3) is 32.6 Å². The first kappa shape index (κ1) is 67.4. The van der Waals surface area contributed by atoms with Gasteiger partial charge in [-0.2, -0.15) is 0 Å². The predicted octanol–water partition coefficient (Wildman–Crippen LogP) is 5.04. The van der Waals surface area contributed by atoms with Crippen LogP contribution in [-0.2, 0) is 39.3 Å². The molecule has 0 fully saturated rings. The van der Waals surface area contributed by atoms with Crippen LogP contribution in [0.25, 0.3) is 0 Å². The van der Waals surface area contributed by atoms with Crippen LogP contribution < -0.4 is 110 Å². The Bertz CT molecular complexity index is 3520. The Morgan fingerprint density at radius 1 is 0.333 bits per heavy atom. The van der Waals surface area contributed by atoms with Crippen LogP contribution in [0.15, 0.2) is 116 Å². The quantitative estimate of drug-likeness (QED) is 0.0217. The summed E-state index contributed by atoms with van der Waals surface area (Å²) < 4.78 is 35.1. The van der Waals surface area contributed by atoms with Crippen LogP contribution in [0.3, 0.4) is 0 Å². The van der Waals surface area contributed by atoms with E-state index in [4.69, 9.17) is 28.4 Å². The first-order chi connectivity index (χ1) is 43.5. The molecule has 6 N–H and O–H groups in total. The average Bonchev–Trinajstić information content (AvgIpc) is 0.880. The van der Waals surface area contributed by atoms with Crippen molar-refractivity contribution in [1.29, 1.82) is 0 Å². The first-order valence-electron chi connectivity index (χ1n) is 30.2. The number of carbonyl (C=O) groups excluding carboxylic acids is 3. The Morgan fingerprint density at radius 2 is 0.578 bits per heavy atom. The Balaban J connectivity index is 0.831. The van der Waals surface area contributed by atoms with Crippen molar-refractivity contribution in [1.82, 2.24) is 29.7 Å². The molecule has 7 aromatic rings. The van der Waals surface area contributed by atoms with E-state index in [0.717, 1.165) is 30.4 Å². The summed E-state index contributed by atoms with van der Waals surface area (Å²) in [6.45, 7) is 7.68. The van der Waals surface area contributed by atoms with Crippen LogP contribution in [0.4, 0.5) is 31.4 Å². The zero-order chi connectivity index (χ0) is 64.5. The minimum absolute atomic E-state index is 0.0202. The zero-order valence-electron chi connectivity index (χ0n) is 50.6. The third-order valence-electron chi connectivity index (χ3n) is 14.4. The number of anilines is 3. The number of hydrogen-bond acceptors (Lipinski definition) is 21. The van der Waals surface area contributed by atoms with E-state index in [2.05, 4.69) is 31.9 Å². The molecule has 6 aromatic carbocycles. The fraction of sp³-hybridized carbons (Fsp3) is 0.429. The van der Waals surface area contributed by atoms with Crippen molar-refractivity contribution in [2.45, 2.75) is 137 Å². The maximum absolute atomic E-state index is 13.8. The van der Waals surface area contributed by atoms with Gasteiger partial charge in [0.1, 0.15) is 34.3 Å². The molecule has 0 saturated heterocycles. The molecule has 480 valence electrons. The van der Waals surface area contributed by atoms with Crippen molar-refractivity contribution >= 4 is 35.3 Å². The standard InChI is InChI=1S/C63H75N9O18/c1-4-85-55-46(49(73)52(55)76)67-37-40-19-25-43(26-20-40)88-58(79)64-31-13-7-10-16-34-70-61(82)71(35-17-11-8-14-32-65-59(80)89-44-27-21-41(22-28-44)38-68-47-50(74)53(77)56(47)86-5-2)63(84)72(62(70)83)36-18-12-9-15-33-66-60(81)90-45-29-23-42(24-30-45)39-69-48-51(75)54(78)57(48)87-6-3/h19-30,67-69H,4-18,31-39H2,1-3H3,(H,64,79)(H,65,80)(H,66,81). The molecule has 1 heterocycles.